The minimum absolute atomic E-state index is 0.0472. The number of hydrogen-bond donors (Lipinski definition) is 0. The summed E-state index contributed by atoms with van der Waals surface area (Å²) in [5.41, 5.74) is 11.3. The average Bonchev–Trinajstić information content (AvgIpc) is 1.50. The number of nitriles is 2. The Hall–Kier alpha value is -8.22. The van der Waals surface area contributed by atoms with Gasteiger partial charge in [0.05, 0.1) is 87.3 Å². The van der Waals surface area contributed by atoms with Crippen LogP contribution in [0.25, 0.3) is 125 Å². The lowest BCUT2D eigenvalue weighted by Crippen LogP contribution is -2.13. The monoisotopic (exact) mass is 1920 g/mol. The van der Waals surface area contributed by atoms with Crippen molar-refractivity contribution in [2.24, 2.45) is 11.8 Å². The van der Waals surface area contributed by atoms with E-state index in [0.29, 0.717) is 11.8 Å². The molecule has 12 aromatic rings. The Morgan fingerprint density at radius 2 is 0.692 bits per heavy atom. The highest BCUT2D eigenvalue weighted by Crippen LogP contribution is 2.59. The minimum Gasteiger partial charge on any atom is -0.337 e. The Bertz CT molecular complexity index is 6030. The number of allylic oxidation sites excluding steroid dienone is 6. The fraction of sp³-hybridized carbons (Fsp3) is 0.536. The Kier molecular flexibility index (Phi) is 37.2. The average molecular weight is 1920 g/mol. The van der Waals surface area contributed by atoms with Gasteiger partial charge in [0.15, 0.2) is 34.8 Å². The number of aryl methyl sites for hydroxylation is 4. The summed E-state index contributed by atoms with van der Waals surface area (Å²) in [5.74, 6) is -4.97. The topological polar surface area (TPSA) is 126 Å². The molecule has 0 amide bonds. The molecule has 0 aliphatic heterocycles. The minimum atomic E-state index is -1.16. The number of nitrogens with zero attached hydrogens (tertiary/aromatic N) is 8. The van der Waals surface area contributed by atoms with Crippen molar-refractivity contribution in [1.29, 1.82) is 10.5 Å². The SMILES string of the molecule is [C-]#[N+]/C(C#N)=C1\C(=C\c2sc(-c3sc4c(sc5c6c7nsnc7c7c8sc9c(CCCCCCCCCCC)c(-c%10cc(CCCCCCCCCCC)c(/C=C%11\C(=O)c%12cc(F)c(F)cc%12\C%11=C(\C#N)[N+]#[C-])s%10)sc9c8n(CC(CC)CCCC)c7c6n(CC(CC)CCCC)c45)c3CCCCCCCCCCC)cc2CCCCCCCCCCC)C(=O)c2cc(F)c(F)cc21. The van der Waals surface area contributed by atoms with E-state index in [-0.39, 0.29) is 55.9 Å². The highest BCUT2D eigenvalue weighted by molar-refractivity contribution is 7.37. The van der Waals surface area contributed by atoms with Crippen LogP contribution in [0.4, 0.5) is 17.6 Å². The number of hydrogen-bond acceptors (Lipinski definition) is 13. The predicted octanol–water partition coefficient (Wildman–Crippen LogP) is 38.1. The molecule has 133 heavy (non-hydrogen) atoms. The van der Waals surface area contributed by atoms with E-state index in [9.17, 15) is 20.1 Å². The van der Waals surface area contributed by atoms with Gasteiger partial charge in [-0.15, -0.1) is 68.0 Å². The Labute approximate surface area is 815 Å². The van der Waals surface area contributed by atoms with E-state index in [1.165, 1.54) is 261 Å². The molecule has 2 unspecified atom stereocenters. The first-order valence-electron chi connectivity index (χ1n) is 50.9. The molecule has 21 heteroatoms. The highest BCUT2D eigenvalue weighted by Gasteiger charge is 2.39. The quantitative estimate of drug-likeness (QED) is 0.0123. The summed E-state index contributed by atoms with van der Waals surface area (Å²) in [7, 11) is 0. The second kappa shape index (κ2) is 49.2. The van der Waals surface area contributed by atoms with Crippen LogP contribution < -0.4 is 0 Å². The molecule has 0 N–H and O–H groups in total. The zero-order valence-corrected chi connectivity index (χ0v) is 85.6. The van der Waals surface area contributed by atoms with Crippen LogP contribution in [0.1, 0.15) is 402 Å². The number of carbonyl (C=O) groups excluding carboxylic acids is 2. The van der Waals surface area contributed by atoms with Crippen LogP contribution in [-0.4, -0.2) is 29.4 Å². The molecule has 0 fully saturated rings. The number of unbranched alkanes of at least 4 members (excludes halogenated alkanes) is 34. The van der Waals surface area contributed by atoms with Crippen LogP contribution in [-0.2, 0) is 38.8 Å². The summed E-state index contributed by atoms with van der Waals surface area (Å²) < 4.78 is 85.7. The zero-order valence-electron chi connectivity index (χ0n) is 79.9. The van der Waals surface area contributed by atoms with Gasteiger partial charge < -0.3 is 9.13 Å². The molecule has 0 radical (unpaired) electrons. The van der Waals surface area contributed by atoms with E-state index in [1.54, 1.807) is 22.7 Å². The summed E-state index contributed by atoms with van der Waals surface area (Å²) in [6, 6.07) is 12.6. The molecule has 704 valence electrons. The first-order valence-corrected chi connectivity index (χ1v) is 56.6. The molecule has 3 aromatic carbocycles. The number of aromatic nitrogens is 4. The van der Waals surface area contributed by atoms with Crippen molar-refractivity contribution in [2.75, 3.05) is 0 Å². The van der Waals surface area contributed by atoms with E-state index in [1.807, 2.05) is 69.6 Å². The molecule has 2 atom stereocenters. The van der Waals surface area contributed by atoms with Crippen LogP contribution in [0.15, 0.2) is 58.9 Å². The van der Waals surface area contributed by atoms with E-state index in [4.69, 9.17) is 21.9 Å². The number of carbonyl (C=O) groups is 2. The highest BCUT2D eigenvalue weighted by atomic mass is 32.1. The molecule has 0 bridgehead atoms. The Morgan fingerprint density at radius 3 is 1.00 bits per heavy atom. The number of Topliss-reactive ketones (excluding diaryl/α,β-unsaturated/α-hetero) is 2. The van der Waals surface area contributed by atoms with Gasteiger partial charge in [0.2, 0.25) is 0 Å². The van der Waals surface area contributed by atoms with Crippen LogP contribution in [0.5, 0.6) is 0 Å². The van der Waals surface area contributed by atoms with E-state index < -0.39 is 34.8 Å². The number of halogens is 4. The largest absolute Gasteiger partial charge is 0.337 e. The molecule has 0 saturated heterocycles. The molecule has 0 spiro atoms. The predicted molar refractivity (Wildman–Crippen MR) is 563 cm³/mol. The molecular weight excluding hydrogens is 1790 g/mol. The Balaban J connectivity index is 1.00. The summed E-state index contributed by atoms with van der Waals surface area (Å²) in [4.78, 5) is 43.4. The van der Waals surface area contributed by atoms with Gasteiger partial charge in [-0.05, 0) is 158 Å². The number of fused-ring (bicyclic) bond motifs is 16. The van der Waals surface area contributed by atoms with Gasteiger partial charge in [-0.3, -0.25) is 9.59 Å². The molecule has 2 aliphatic carbocycles. The van der Waals surface area contributed by atoms with Crippen LogP contribution in [0.3, 0.4) is 0 Å². The van der Waals surface area contributed by atoms with Gasteiger partial charge in [0.1, 0.15) is 11.0 Å². The van der Waals surface area contributed by atoms with Crippen molar-refractivity contribution >= 4 is 187 Å². The molecular formula is C112H134F4N8O2S7. The van der Waals surface area contributed by atoms with Gasteiger partial charge in [-0.1, -0.05) is 299 Å². The maximum absolute atomic E-state index is 15.4. The fourth-order valence-electron chi connectivity index (χ4n) is 20.7. The second-order valence-electron chi connectivity index (χ2n) is 37.8. The third-order valence-electron chi connectivity index (χ3n) is 28.3. The number of benzene rings is 3. The zero-order chi connectivity index (χ0) is 93.6. The van der Waals surface area contributed by atoms with Crippen molar-refractivity contribution in [2.45, 2.75) is 377 Å². The molecule has 0 saturated carbocycles. The maximum atomic E-state index is 15.4. The lowest BCUT2D eigenvalue weighted by Gasteiger charge is -2.20. The van der Waals surface area contributed by atoms with Crippen molar-refractivity contribution in [3.05, 3.63) is 159 Å². The second-order valence-corrected chi connectivity index (χ2v) is 44.5. The first-order chi connectivity index (χ1) is 65.1. The standard InChI is InChI=1S/C112H134F4N8O2S7/c1-11-19-25-29-33-37-41-45-49-55-73-59-91(127-89(73)65-81-93(87(67-117)119-9)77-61-83(113)85(115)63-79(77)103(81)125)105-75(57-51-47-43-39-35-31-27-21-13-3)107-111(129-105)101-109(131-107)95-97-98(122-133-121-97)96-100(99(95)123(101)69-71(17-7)53-23-15-5)124(70-72(18-8)54-24-16-6)102-110(96)132-108-76(58-52-48-44-40-36-32-28-22-14-4)106(130-112(102)108)92-60-74(56-50-46-42-38-34-30-26-20-12-2)90(128-92)66-82-94(88(68-118)120-10)78-62-84(114)86(116)64-80(78)104(82)126/h59-66,71-72H,11-58,69-70H2,1-8H3/b81-65-,82-66-,93-87-,94-88+. The summed E-state index contributed by atoms with van der Waals surface area (Å²) in [6.07, 6.45) is 57.9. The van der Waals surface area contributed by atoms with Crippen molar-refractivity contribution in [3.8, 4) is 31.6 Å². The summed E-state index contributed by atoms with van der Waals surface area (Å²) >= 11 is 12.3. The van der Waals surface area contributed by atoms with Crippen molar-refractivity contribution in [3.63, 3.8) is 0 Å². The summed E-state index contributed by atoms with van der Waals surface area (Å²) in [6.45, 7) is 36.4. The van der Waals surface area contributed by atoms with Gasteiger partial charge in [-0.25, -0.2) is 37.8 Å². The molecule has 2 aliphatic rings. The summed E-state index contributed by atoms with van der Waals surface area (Å²) in [5, 5.41) is 23.5. The van der Waals surface area contributed by atoms with Crippen LogP contribution in [0, 0.1) is 70.9 Å². The van der Waals surface area contributed by atoms with Crippen LogP contribution in [0.2, 0.25) is 0 Å². The molecule has 14 rings (SSSR count). The van der Waals surface area contributed by atoms with Crippen LogP contribution >= 0.6 is 79.7 Å². The smallest absolute Gasteiger partial charge is 0.270 e. The van der Waals surface area contributed by atoms with Crippen molar-refractivity contribution < 1.29 is 27.2 Å². The molecule has 9 aromatic heterocycles. The van der Waals surface area contributed by atoms with Gasteiger partial charge in [0.25, 0.3) is 11.4 Å². The first kappa shape index (κ1) is 101. The Morgan fingerprint density at radius 1 is 0.383 bits per heavy atom. The lowest BCUT2D eigenvalue weighted by molar-refractivity contribution is 0.103. The van der Waals surface area contributed by atoms with E-state index in [2.05, 4.69) is 86.3 Å². The van der Waals surface area contributed by atoms with E-state index in [0.717, 1.165) is 220 Å². The number of thiophene rings is 6. The normalized spacial score (nSPS) is 14.8. The van der Waals surface area contributed by atoms with Gasteiger partial charge in [-0.2, -0.15) is 8.75 Å². The van der Waals surface area contributed by atoms with Gasteiger partial charge in [0, 0.05) is 86.5 Å². The molecule has 9 heterocycles. The number of rotatable bonds is 56. The third-order valence-corrected chi connectivity index (χ3v) is 36.7. The molecule has 10 nitrogen and oxygen atoms in total. The number of ketones is 2. The van der Waals surface area contributed by atoms with E-state index >= 15 is 17.6 Å². The fourth-order valence-corrected chi connectivity index (χ4v) is 29.9. The third kappa shape index (κ3) is 22.5. The van der Waals surface area contributed by atoms with Crippen molar-refractivity contribution in [1.82, 2.24) is 17.9 Å². The lowest BCUT2D eigenvalue weighted by atomic mass is 9.99. The van der Waals surface area contributed by atoms with Gasteiger partial charge >= 0.3 is 0 Å². The maximum Gasteiger partial charge on any atom is 0.270 e.